The summed E-state index contributed by atoms with van der Waals surface area (Å²) in [6, 6.07) is 7.31. The summed E-state index contributed by atoms with van der Waals surface area (Å²) in [4.78, 5) is 12.1. The van der Waals surface area contributed by atoms with Crippen molar-refractivity contribution in [2.45, 2.75) is 13.8 Å². The second-order valence-corrected chi connectivity index (χ2v) is 5.58. The van der Waals surface area contributed by atoms with Crippen molar-refractivity contribution in [1.82, 2.24) is 0 Å². The summed E-state index contributed by atoms with van der Waals surface area (Å²) in [6.07, 6.45) is 0. The van der Waals surface area contributed by atoms with E-state index in [1.807, 2.05) is 26.0 Å². The molecule has 0 heterocycles. The van der Waals surface area contributed by atoms with E-state index in [-0.39, 0.29) is 22.6 Å². The number of carbonyl (C=O) groups is 1. The monoisotopic (exact) mass is 354 g/mol. The van der Waals surface area contributed by atoms with Crippen molar-refractivity contribution in [3.63, 3.8) is 0 Å². The number of aryl methyl sites for hydroxylation is 2. The highest BCUT2D eigenvalue weighted by atomic mass is 79.9. The number of hydrogen-bond acceptors (Lipinski definition) is 2. The van der Waals surface area contributed by atoms with E-state index in [2.05, 4.69) is 15.9 Å². The maximum absolute atomic E-state index is 13.6. The van der Waals surface area contributed by atoms with Crippen LogP contribution < -0.4 is 4.74 Å². The Labute approximate surface area is 129 Å². The van der Waals surface area contributed by atoms with Crippen molar-refractivity contribution in [2.24, 2.45) is 0 Å². The Hall–Kier alpha value is -1.75. The first kappa shape index (κ1) is 15.6. The van der Waals surface area contributed by atoms with Crippen molar-refractivity contribution in [3.8, 4) is 5.75 Å². The van der Waals surface area contributed by atoms with Crippen LogP contribution in [0.3, 0.4) is 0 Å². The number of ketones is 1. The van der Waals surface area contributed by atoms with Gasteiger partial charge >= 0.3 is 0 Å². The number of rotatable bonds is 4. The molecule has 0 radical (unpaired) electrons. The van der Waals surface area contributed by atoms with E-state index < -0.39 is 11.6 Å². The third kappa shape index (κ3) is 3.67. The Morgan fingerprint density at radius 1 is 1.19 bits per heavy atom. The summed E-state index contributed by atoms with van der Waals surface area (Å²) >= 11 is 3.01. The minimum atomic E-state index is -0.851. The molecule has 2 aromatic carbocycles. The van der Waals surface area contributed by atoms with Gasteiger partial charge in [0.15, 0.2) is 24.0 Å². The third-order valence-corrected chi connectivity index (χ3v) is 3.59. The Kier molecular flexibility index (Phi) is 4.73. The predicted molar refractivity (Wildman–Crippen MR) is 79.8 cm³/mol. The van der Waals surface area contributed by atoms with Crippen molar-refractivity contribution in [2.75, 3.05) is 6.61 Å². The second-order valence-electron chi connectivity index (χ2n) is 4.73. The third-order valence-electron chi connectivity index (χ3n) is 3.00. The largest absolute Gasteiger partial charge is 0.481 e. The molecule has 0 saturated carbocycles. The fourth-order valence-electron chi connectivity index (χ4n) is 1.92. The fourth-order valence-corrected chi connectivity index (χ4v) is 2.44. The predicted octanol–water partition coefficient (Wildman–Crippen LogP) is 4.61. The summed E-state index contributed by atoms with van der Waals surface area (Å²) in [5, 5.41) is 0. The van der Waals surface area contributed by atoms with E-state index in [1.54, 1.807) is 6.07 Å². The van der Waals surface area contributed by atoms with E-state index in [0.717, 1.165) is 17.2 Å². The van der Waals surface area contributed by atoms with Crippen molar-refractivity contribution in [3.05, 3.63) is 63.1 Å². The molecule has 0 saturated heterocycles. The van der Waals surface area contributed by atoms with Gasteiger partial charge in [0.2, 0.25) is 0 Å². The molecule has 21 heavy (non-hydrogen) atoms. The molecule has 0 N–H and O–H groups in total. The van der Waals surface area contributed by atoms with Gasteiger partial charge in [-0.15, -0.1) is 0 Å². The topological polar surface area (TPSA) is 26.3 Å². The Balaban J connectivity index is 2.17. The molecular weight excluding hydrogens is 342 g/mol. The average molecular weight is 355 g/mol. The lowest BCUT2D eigenvalue weighted by Gasteiger charge is -2.10. The molecule has 110 valence electrons. The lowest BCUT2D eigenvalue weighted by Crippen LogP contribution is -2.14. The molecule has 0 bridgehead atoms. The van der Waals surface area contributed by atoms with Crippen LogP contribution in [-0.4, -0.2) is 12.4 Å². The normalized spacial score (nSPS) is 10.5. The second kappa shape index (κ2) is 6.35. The molecule has 0 fully saturated rings. The van der Waals surface area contributed by atoms with Gasteiger partial charge in [-0.05, 0) is 47.5 Å². The molecule has 0 aliphatic heterocycles. The molecule has 0 aromatic heterocycles. The van der Waals surface area contributed by atoms with Gasteiger partial charge in [-0.1, -0.05) is 17.7 Å². The smallest absolute Gasteiger partial charge is 0.200 e. The molecule has 0 aliphatic carbocycles. The Bertz CT molecular complexity index is 676. The highest BCUT2D eigenvalue weighted by molar-refractivity contribution is 9.10. The van der Waals surface area contributed by atoms with Crippen LogP contribution in [0.25, 0.3) is 0 Å². The zero-order chi connectivity index (χ0) is 15.6. The van der Waals surface area contributed by atoms with Gasteiger partial charge in [0, 0.05) is 11.6 Å². The van der Waals surface area contributed by atoms with Crippen molar-refractivity contribution >= 4 is 21.7 Å². The van der Waals surface area contributed by atoms with Crippen LogP contribution in [0.4, 0.5) is 8.78 Å². The highest BCUT2D eigenvalue weighted by Crippen LogP contribution is 2.29. The highest BCUT2D eigenvalue weighted by Gasteiger charge is 2.15. The zero-order valence-corrected chi connectivity index (χ0v) is 13.1. The molecule has 2 aromatic rings. The maximum Gasteiger partial charge on any atom is 0.200 e. The molecule has 2 nitrogen and oxygen atoms in total. The number of Topliss-reactive ketones (excluding diaryl/α,β-unsaturated/α-hetero) is 1. The minimum absolute atomic E-state index is 0.133. The SMILES string of the molecule is Cc1ccc(C)c(C(=O)COc2c(F)cc(F)cc2Br)c1. The molecule has 2 rings (SSSR count). The maximum atomic E-state index is 13.6. The first-order valence-electron chi connectivity index (χ1n) is 6.26. The van der Waals surface area contributed by atoms with Crippen LogP contribution >= 0.6 is 15.9 Å². The molecule has 5 heteroatoms. The summed E-state index contributed by atoms with van der Waals surface area (Å²) in [6.45, 7) is 3.39. The average Bonchev–Trinajstić information content (AvgIpc) is 2.40. The van der Waals surface area contributed by atoms with Crippen LogP contribution in [0.1, 0.15) is 21.5 Å². The summed E-state index contributed by atoms with van der Waals surface area (Å²) in [7, 11) is 0. The molecule has 0 atom stereocenters. The van der Waals surface area contributed by atoms with Crippen molar-refractivity contribution < 1.29 is 18.3 Å². The molecule has 0 spiro atoms. The van der Waals surface area contributed by atoms with Crippen molar-refractivity contribution in [1.29, 1.82) is 0 Å². The number of carbonyl (C=O) groups excluding carboxylic acids is 1. The van der Waals surface area contributed by atoms with Crippen LogP contribution in [0, 0.1) is 25.5 Å². The van der Waals surface area contributed by atoms with E-state index >= 15 is 0 Å². The quantitative estimate of drug-likeness (QED) is 0.749. The van der Waals surface area contributed by atoms with Gasteiger partial charge in [-0.25, -0.2) is 8.78 Å². The molecule has 0 aliphatic rings. The number of hydrogen-bond donors (Lipinski definition) is 0. The Morgan fingerprint density at radius 3 is 2.57 bits per heavy atom. The van der Waals surface area contributed by atoms with E-state index in [4.69, 9.17) is 4.74 Å². The lowest BCUT2D eigenvalue weighted by molar-refractivity contribution is 0.0917. The number of benzene rings is 2. The Morgan fingerprint density at radius 2 is 1.90 bits per heavy atom. The van der Waals surface area contributed by atoms with Crippen LogP contribution in [0.2, 0.25) is 0 Å². The molecule has 0 unspecified atom stereocenters. The van der Waals surface area contributed by atoms with E-state index in [0.29, 0.717) is 11.6 Å². The summed E-state index contributed by atoms with van der Waals surface area (Å²) in [5.74, 6) is -2.00. The number of halogens is 3. The van der Waals surface area contributed by atoms with Gasteiger partial charge in [0.05, 0.1) is 4.47 Å². The van der Waals surface area contributed by atoms with Gasteiger partial charge in [-0.3, -0.25) is 4.79 Å². The first-order valence-corrected chi connectivity index (χ1v) is 7.05. The van der Waals surface area contributed by atoms with Gasteiger partial charge < -0.3 is 4.74 Å². The van der Waals surface area contributed by atoms with E-state index in [1.165, 1.54) is 0 Å². The van der Waals surface area contributed by atoms with Crippen LogP contribution in [-0.2, 0) is 0 Å². The standard InChI is InChI=1S/C16H13BrF2O2/c1-9-3-4-10(2)12(5-9)15(20)8-21-16-13(17)6-11(18)7-14(16)19/h3-7H,8H2,1-2H3. The first-order chi connectivity index (χ1) is 9.88. The molecular formula is C16H13BrF2O2. The fraction of sp³-hybridized carbons (Fsp3) is 0.188. The van der Waals surface area contributed by atoms with Gasteiger partial charge in [-0.2, -0.15) is 0 Å². The van der Waals surface area contributed by atoms with Crippen LogP contribution in [0.15, 0.2) is 34.8 Å². The minimum Gasteiger partial charge on any atom is -0.481 e. The van der Waals surface area contributed by atoms with E-state index in [9.17, 15) is 13.6 Å². The summed E-state index contributed by atoms with van der Waals surface area (Å²) < 4.78 is 31.9. The van der Waals surface area contributed by atoms with Gasteiger partial charge in [0.1, 0.15) is 5.82 Å². The molecule has 0 amide bonds. The van der Waals surface area contributed by atoms with Crippen LogP contribution in [0.5, 0.6) is 5.75 Å². The summed E-state index contributed by atoms with van der Waals surface area (Å²) in [5.41, 5.74) is 2.32. The van der Waals surface area contributed by atoms with Gasteiger partial charge in [0.25, 0.3) is 0 Å². The number of ether oxygens (including phenoxy) is 1. The lowest BCUT2D eigenvalue weighted by atomic mass is 10.0. The zero-order valence-electron chi connectivity index (χ0n) is 11.5.